The Morgan fingerprint density at radius 1 is 1.05 bits per heavy atom. The Morgan fingerprint density at radius 2 is 1.79 bits per heavy atom. The molecule has 0 aromatic heterocycles. The maximum Gasteiger partial charge on any atom is 0.258 e. The Labute approximate surface area is 228 Å². The van der Waals surface area contributed by atoms with Gasteiger partial charge in [-0.2, -0.15) is 0 Å². The Hall–Kier alpha value is -3.67. The van der Waals surface area contributed by atoms with Crippen molar-refractivity contribution in [2.24, 2.45) is 5.92 Å². The van der Waals surface area contributed by atoms with Crippen LogP contribution in [0.2, 0.25) is 0 Å². The molecule has 1 fully saturated rings. The first kappa shape index (κ1) is 29.9. The third-order valence-electron chi connectivity index (χ3n) is 6.54. The van der Waals surface area contributed by atoms with E-state index >= 15 is 0 Å². The molecule has 1 aromatic carbocycles. The molecule has 2 bridgehead atoms. The molecule has 3 heterocycles. The van der Waals surface area contributed by atoms with Crippen LogP contribution in [0.4, 0.5) is 0 Å². The number of carbonyl (C=O) groups excluding carboxylic acids is 5. The summed E-state index contributed by atoms with van der Waals surface area (Å²) < 4.78 is 10.8. The summed E-state index contributed by atoms with van der Waals surface area (Å²) in [6.45, 7) is 4.51. The van der Waals surface area contributed by atoms with Gasteiger partial charge in [0.15, 0.2) is 6.61 Å². The number of benzene rings is 1. The molecule has 2 atom stereocenters. The summed E-state index contributed by atoms with van der Waals surface area (Å²) in [5.41, 5.74) is 0.769. The largest absolute Gasteiger partial charge is 0.484 e. The minimum Gasteiger partial charge on any atom is -0.484 e. The van der Waals surface area contributed by atoms with Gasteiger partial charge in [0, 0.05) is 46.1 Å². The van der Waals surface area contributed by atoms with Crippen molar-refractivity contribution in [1.82, 2.24) is 25.8 Å². The zero-order valence-electron chi connectivity index (χ0n) is 22.9. The van der Waals surface area contributed by atoms with Crippen molar-refractivity contribution in [3.63, 3.8) is 0 Å². The number of hydrogen-bond acceptors (Lipinski definition) is 7. The molecule has 214 valence electrons. The highest BCUT2D eigenvalue weighted by atomic mass is 16.5. The van der Waals surface area contributed by atoms with Gasteiger partial charge in [-0.25, -0.2) is 0 Å². The van der Waals surface area contributed by atoms with Gasteiger partial charge in [0.25, 0.3) is 5.91 Å². The Morgan fingerprint density at radius 3 is 2.49 bits per heavy atom. The summed E-state index contributed by atoms with van der Waals surface area (Å²) in [5.74, 6) is -1.26. The van der Waals surface area contributed by atoms with Crippen LogP contribution in [-0.2, 0) is 35.1 Å². The van der Waals surface area contributed by atoms with E-state index in [1.165, 1.54) is 12.0 Å². The Kier molecular flexibility index (Phi) is 11.1. The number of amides is 5. The number of hydrogen-bond donors (Lipinski definition) is 3. The molecule has 1 saturated heterocycles. The van der Waals surface area contributed by atoms with Crippen LogP contribution in [0.25, 0.3) is 0 Å². The number of fused-ring (bicyclic) bond motifs is 13. The predicted molar refractivity (Wildman–Crippen MR) is 142 cm³/mol. The van der Waals surface area contributed by atoms with Crippen LogP contribution in [0.1, 0.15) is 32.3 Å². The van der Waals surface area contributed by atoms with E-state index in [-0.39, 0.29) is 63.4 Å². The predicted octanol–water partition coefficient (Wildman–Crippen LogP) is -0.539. The normalized spacial score (nSPS) is 21.6. The molecule has 0 aliphatic carbocycles. The van der Waals surface area contributed by atoms with Gasteiger partial charge in [-0.05, 0) is 30.0 Å². The van der Waals surface area contributed by atoms with Crippen LogP contribution in [0.3, 0.4) is 0 Å². The van der Waals surface area contributed by atoms with E-state index in [0.29, 0.717) is 25.3 Å². The first-order valence-corrected chi connectivity index (χ1v) is 13.3. The number of methoxy groups -OCH3 is 1. The zero-order valence-corrected chi connectivity index (χ0v) is 22.9. The van der Waals surface area contributed by atoms with Gasteiger partial charge in [-0.3, -0.25) is 24.0 Å². The molecule has 1 aromatic rings. The lowest BCUT2D eigenvalue weighted by Crippen LogP contribution is -2.55. The molecular weight excluding hydrogens is 506 g/mol. The fraction of sp³-hybridized carbons (Fsp3) is 0.593. The summed E-state index contributed by atoms with van der Waals surface area (Å²) in [6.07, 6.45) is 0.749. The van der Waals surface area contributed by atoms with E-state index < -0.39 is 29.8 Å². The summed E-state index contributed by atoms with van der Waals surface area (Å²) >= 11 is 0. The third-order valence-corrected chi connectivity index (χ3v) is 6.54. The molecular formula is C27H39N5O7. The standard InChI is InChI=1S/C27H39N5O7/c1-18(2)14-21-27(37)32(12-13-38-3)16-24(34)29-22(26(36)31-10-8-23(33)28-9-11-31)15-19-4-6-20(7-5-19)39-17-25(35)30-21/h4-7,18,21-22H,8-17H2,1-3H3,(H,28,33)(H,29,34)(H,30,35)/t21-,22-/m0/s1. The summed E-state index contributed by atoms with van der Waals surface area (Å²) in [5, 5.41) is 8.31. The number of nitrogens with one attached hydrogen (secondary N) is 3. The van der Waals surface area contributed by atoms with Gasteiger partial charge in [-0.1, -0.05) is 26.0 Å². The fourth-order valence-corrected chi connectivity index (χ4v) is 4.55. The molecule has 39 heavy (non-hydrogen) atoms. The van der Waals surface area contributed by atoms with Crippen LogP contribution >= 0.6 is 0 Å². The number of carbonyl (C=O) groups is 5. The van der Waals surface area contributed by atoms with E-state index in [1.54, 1.807) is 29.2 Å². The Bertz CT molecular complexity index is 1030. The molecule has 5 amide bonds. The average Bonchev–Trinajstić information content (AvgIpc) is 3.12. The lowest BCUT2D eigenvalue weighted by atomic mass is 10.0. The highest BCUT2D eigenvalue weighted by Gasteiger charge is 2.31. The van der Waals surface area contributed by atoms with Crippen LogP contribution in [-0.4, -0.2) is 104 Å². The van der Waals surface area contributed by atoms with Crippen molar-refractivity contribution in [2.75, 3.05) is 53.0 Å². The highest BCUT2D eigenvalue weighted by molar-refractivity contribution is 5.93. The van der Waals surface area contributed by atoms with Gasteiger partial charge >= 0.3 is 0 Å². The molecule has 0 spiro atoms. The SMILES string of the molecule is COCCN1CC(=O)N[C@H](C(=O)N2CCNC(=O)CC2)Cc2ccc(cc2)OCC(=O)N[C@@H](CC(C)C)C1=O. The molecule has 12 heteroatoms. The van der Waals surface area contributed by atoms with Crippen LogP contribution in [0.5, 0.6) is 5.75 Å². The van der Waals surface area contributed by atoms with Crippen LogP contribution in [0.15, 0.2) is 24.3 Å². The summed E-state index contributed by atoms with van der Waals surface area (Å²) in [4.78, 5) is 67.7. The lowest BCUT2D eigenvalue weighted by Gasteiger charge is -2.30. The number of ether oxygens (including phenoxy) is 2. The molecule has 0 radical (unpaired) electrons. The van der Waals surface area contributed by atoms with Gasteiger partial charge in [-0.15, -0.1) is 0 Å². The molecule has 3 aliphatic heterocycles. The second-order valence-corrected chi connectivity index (χ2v) is 10.2. The second kappa shape index (κ2) is 14.5. The quantitative estimate of drug-likeness (QED) is 0.407. The van der Waals surface area contributed by atoms with E-state index in [4.69, 9.17) is 9.47 Å². The minimum atomic E-state index is -0.907. The van der Waals surface area contributed by atoms with Crippen molar-refractivity contribution < 1.29 is 33.4 Å². The number of nitrogens with zero attached hydrogens (tertiary/aromatic N) is 2. The lowest BCUT2D eigenvalue weighted by molar-refractivity contribution is -0.142. The van der Waals surface area contributed by atoms with Crippen molar-refractivity contribution in [1.29, 1.82) is 0 Å². The molecule has 4 rings (SSSR count). The van der Waals surface area contributed by atoms with Gasteiger partial charge in [0.1, 0.15) is 17.8 Å². The first-order valence-electron chi connectivity index (χ1n) is 13.3. The van der Waals surface area contributed by atoms with Crippen LogP contribution < -0.4 is 20.7 Å². The summed E-state index contributed by atoms with van der Waals surface area (Å²) in [6, 6.07) is 5.16. The van der Waals surface area contributed by atoms with Gasteiger partial charge < -0.3 is 35.2 Å². The molecule has 3 aliphatic rings. The molecule has 0 unspecified atom stereocenters. The zero-order chi connectivity index (χ0) is 28.4. The second-order valence-electron chi connectivity index (χ2n) is 10.2. The van der Waals surface area contributed by atoms with Crippen molar-refractivity contribution in [3.8, 4) is 5.75 Å². The van der Waals surface area contributed by atoms with Crippen LogP contribution in [0, 0.1) is 5.92 Å². The van der Waals surface area contributed by atoms with Gasteiger partial charge in [0.2, 0.25) is 23.6 Å². The van der Waals surface area contributed by atoms with E-state index in [2.05, 4.69) is 16.0 Å². The van der Waals surface area contributed by atoms with E-state index in [9.17, 15) is 24.0 Å². The smallest absolute Gasteiger partial charge is 0.258 e. The monoisotopic (exact) mass is 545 g/mol. The molecule has 0 saturated carbocycles. The first-order chi connectivity index (χ1) is 18.7. The highest BCUT2D eigenvalue weighted by Crippen LogP contribution is 2.16. The van der Waals surface area contributed by atoms with E-state index in [0.717, 1.165) is 5.56 Å². The van der Waals surface area contributed by atoms with Crippen molar-refractivity contribution >= 4 is 29.5 Å². The van der Waals surface area contributed by atoms with E-state index in [1.807, 2.05) is 13.8 Å². The van der Waals surface area contributed by atoms with Crippen molar-refractivity contribution in [2.45, 2.75) is 45.2 Å². The van der Waals surface area contributed by atoms with Crippen molar-refractivity contribution in [3.05, 3.63) is 29.8 Å². The molecule has 12 nitrogen and oxygen atoms in total. The Balaban J connectivity index is 1.90. The minimum absolute atomic E-state index is 0.0911. The topological polar surface area (TPSA) is 146 Å². The summed E-state index contributed by atoms with van der Waals surface area (Å²) in [7, 11) is 1.49. The average molecular weight is 546 g/mol. The third kappa shape index (κ3) is 9.24. The number of rotatable bonds is 6. The maximum atomic E-state index is 13.5. The van der Waals surface area contributed by atoms with Gasteiger partial charge in [0.05, 0.1) is 13.2 Å². The molecule has 3 N–H and O–H groups in total. The maximum absolute atomic E-state index is 13.5. The fourth-order valence-electron chi connectivity index (χ4n) is 4.55.